The summed E-state index contributed by atoms with van der Waals surface area (Å²) in [4.78, 5) is 15.3. The monoisotopic (exact) mass is 453 g/mol. The normalized spacial score (nSPS) is 19.2. The van der Waals surface area contributed by atoms with Gasteiger partial charge in [-0.05, 0) is 54.8 Å². The molecule has 1 saturated heterocycles. The summed E-state index contributed by atoms with van der Waals surface area (Å²) in [7, 11) is 3.27. The van der Waals surface area contributed by atoms with Crippen molar-refractivity contribution in [2.45, 2.75) is 19.4 Å². The number of hydrogen-bond acceptors (Lipinski definition) is 6. The maximum Gasteiger partial charge on any atom is 0.266 e. The Kier molecular flexibility index (Phi) is 6.34. The van der Waals surface area contributed by atoms with Crippen molar-refractivity contribution < 1.29 is 19.0 Å². The first kappa shape index (κ1) is 21.5. The van der Waals surface area contributed by atoms with Crippen molar-refractivity contribution in [1.29, 1.82) is 0 Å². The van der Waals surface area contributed by atoms with Crippen LogP contribution in [-0.2, 0) is 11.2 Å². The van der Waals surface area contributed by atoms with E-state index in [9.17, 15) is 4.79 Å². The number of rotatable bonds is 6. The van der Waals surface area contributed by atoms with E-state index in [1.807, 2.05) is 61.5 Å². The number of nitrogens with zero attached hydrogens (tertiary/aromatic N) is 1. The number of carbonyl (C=O) groups excluding carboxylic acids is 1. The molecule has 1 amide bonds. The number of benzene rings is 2. The zero-order valence-electron chi connectivity index (χ0n) is 17.6. The predicted octanol–water partition coefficient (Wildman–Crippen LogP) is 4.86. The zero-order valence-corrected chi connectivity index (χ0v) is 19.2. The zero-order chi connectivity index (χ0) is 22.0. The standard InChI is InChI=1S/C24H23NO4S2/c1-15-18(13-17-5-4-6-20(28-3)22(17)29-15)14-21-23(26)25(24(30)31-21)12-11-16-7-9-19(27-2)10-8-16/h4-10,13-15H,11-12H2,1-3H3. The molecule has 2 aromatic rings. The summed E-state index contributed by atoms with van der Waals surface area (Å²) in [5.74, 6) is 2.17. The van der Waals surface area contributed by atoms with Crippen LogP contribution in [0, 0.1) is 0 Å². The highest BCUT2D eigenvalue weighted by molar-refractivity contribution is 8.26. The second-order valence-electron chi connectivity index (χ2n) is 7.21. The lowest BCUT2D eigenvalue weighted by atomic mass is 10.0. The van der Waals surface area contributed by atoms with Crippen LogP contribution in [0.4, 0.5) is 0 Å². The van der Waals surface area contributed by atoms with Gasteiger partial charge < -0.3 is 14.2 Å². The predicted molar refractivity (Wildman–Crippen MR) is 128 cm³/mol. The van der Waals surface area contributed by atoms with E-state index in [-0.39, 0.29) is 12.0 Å². The van der Waals surface area contributed by atoms with E-state index >= 15 is 0 Å². The quantitative estimate of drug-likeness (QED) is 0.460. The molecule has 7 heteroatoms. The van der Waals surface area contributed by atoms with Crippen LogP contribution >= 0.6 is 24.0 Å². The summed E-state index contributed by atoms with van der Waals surface area (Å²) in [6.07, 6.45) is 4.45. The number of para-hydroxylation sites is 1. The average molecular weight is 454 g/mol. The molecule has 31 heavy (non-hydrogen) atoms. The summed E-state index contributed by atoms with van der Waals surface area (Å²) in [6, 6.07) is 13.6. The minimum atomic E-state index is -0.202. The van der Waals surface area contributed by atoms with Crippen LogP contribution in [0.25, 0.3) is 6.08 Å². The molecule has 2 aromatic carbocycles. The van der Waals surface area contributed by atoms with Gasteiger partial charge in [0, 0.05) is 12.1 Å². The Balaban J connectivity index is 1.50. The van der Waals surface area contributed by atoms with Crippen molar-refractivity contribution in [1.82, 2.24) is 4.90 Å². The molecule has 1 fully saturated rings. The number of thiocarbonyl (C=S) groups is 1. The van der Waals surface area contributed by atoms with E-state index in [0.717, 1.165) is 34.6 Å². The Morgan fingerprint density at radius 3 is 2.65 bits per heavy atom. The molecule has 5 nitrogen and oxygen atoms in total. The SMILES string of the molecule is COc1ccc(CCN2C(=O)C(=CC3=Cc4cccc(OC)c4OC3C)SC2=S)cc1. The Hall–Kier alpha value is -2.77. The van der Waals surface area contributed by atoms with Gasteiger partial charge in [0.1, 0.15) is 16.2 Å². The van der Waals surface area contributed by atoms with Crippen LogP contribution < -0.4 is 14.2 Å². The van der Waals surface area contributed by atoms with E-state index in [1.54, 1.807) is 19.1 Å². The maximum absolute atomic E-state index is 13.0. The van der Waals surface area contributed by atoms with Gasteiger partial charge in [0.05, 0.1) is 19.1 Å². The number of fused-ring (bicyclic) bond motifs is 1. The largest absolute Gasteiger partial charge is 0.497 e. The van der Waals surface area contributed by atoms with Gasteiger partial charge in [-0.2, -0.15) is 0 Å². The molecule has 0 bridgehead atoms. The van der Waals surface area contributed by atoms with Crippen molar-refractivity contribution in [2.24, 2.45) is 0 Å². The van der Waals surface area contributed by atoms with Crippen LogP contribution in [0.2, 0.25) is 0 Å². The van der Waals surface area contributed by atoms with Crippen LogP contribution in [0.15, 0.2) is 59.0 Å². The van der Waals surface area contributed by atoms with Crippen molar-refractivity contribution in [3.63, 3.8) is 0 Å². The fourth-order valence-corrected chi connectivity index (χ4v) is 4.82. The summed E-state index contributed by atoms with van der Waals surface area (Å²) in [5, 5.41) is 0. The van der Waals surface area contributed by atoms with Gasteiger partial charge in [0.2, 0.25) is 0 Å². The molecular formula is C24H23NO4S2. The minimum absolute atomic E-state index is 0.0620. The lowest BCUT2D eigenvalue weighted by molar-refractivity contribution is -0.122. The van der Waals surface area contributed by atoms with Gasteiger partial charge in [-0.15, -0.1) is 0 Å². The minimum Gasteiger partial charge on any atom is -0.497 e. The second kappa shape index (κ2) is 9.16. The van der Waals surface area contributed by atoms with E-state index in [1.165, 1.54) is 11.8 Å². The molecule has 4 rings (SSSR count). The Labute approximate surface area is 191 Å². The maximum atomic E-state index is 13.0. The molecule has 160 valence electrons. The molecule has 0 radical (unpaired) electrons. The van der Waals surface area contributed by atoms with Crippen LogP contribution in [0.5, 0.6) is 17.2 Å². The van der Waals surface area contributed by atoms with Crippen molar-refractivity contribution in [2.75, 3.05) is 20.8 Å². The van der Waals surface area contributed by atoms with Gasteiger partial charge in [0.25, 0.3) is 5.91 Å². The Bertz CT molecular complexity index is 1080. The number of thioether (sulfide) groups is 1. The van der Waals surface area contributed by atoms with Gasteiger partial charge in [-0.3, -0.25) is 9.69 Å². The highest BCUT2D eigenvalue weighted by Crippen LogP contribution is 2.39. The Morgan fingerprint density at radius 2 is 1.94 bits per heavy atom. The van der Waals surface area contributed by atoms with E-state index < -0.39 is 0 Å². The molecule has 2 aliphatic heterocycles. The number of ether oxygens (including phenoxy) is 3. The molecule has 2 aliphatic rings. The topological polar surface area (TPSA) is 48.0 Å². The molecule has 0 aromatic heterocycles. The van der Waals surface area contributed by atoms with Crippen molar-refractivity contribution in [3.05, 3.63) is 70.1 Å². The average Bonchev–Trinajstić information content (AvgIpc) is 3.05. The smallest absolute Gasteiger partial charge is 0.266 e. The fraction of sp³-hybridized carbons (Fsp3) is 0.250. The number of amides is 1. The van der Waals surface area contributed by atoms with Crippen LogP contribution in [-0.4, -0.2) is 42.0 Å². The molecule has 2 heterocycles. The molecule has 0 saturated carbocycles. The fourth-order valence-electron chi connectivity index (χ4n) is 3.51. The molecule has 1 unspecified atom stereocenters. The molecule has 0 aliphatic carbocycles. The third-order valence-electron chi connectivity index (χ3n) is 5.27. The number of carbonyl (C=O) groups is 1. The second-order valence-corrected chi connectivity index (χ2v) is 8.89. The lowest BCUT2D eigenvalue weighted by Crippen LogP contribution is -2.30. The molecular weight excluding hydrogens is 430 g/mol. The third-order valence-corrected chi connectivity index (χ3v) is 6.65. The van der Waals surface area contributed by atoms with E-state index in [4.69, 9.17) is 26.4 Å². The molecule has 0 spiro atoms. The third kappa shape index (κ3) is 4.48. The highest BCUT2D eigenvalue weighted by Gasteiger charge is 2.33. The summed E-state index contributed by atoms with van der Waals surface area (Å²) in [5.41, 5.74) is 2.98. The van der Waals surface area contributed by atoms with E-state index in [2.05, 4.69) is 0 Å². The lowest BCUT2D eigenvalue weighted by Gasteiger charge is -2.24. The first-order chi connectivity index (χ1) is 15.0. The molecule has 0 N–H and O–H groups in total. The van der Waals surface area contributed by atoms with Crippen molar-refractivity contribution in [3.8, 4) is 17.2 Å². The Morgan fingerprint density at radius 1 is 1.16 bits per heavy atom. The summed E-state index contributed by atoms with van der Waals surface area (Å²) >= 11 is 6.82. The number of hydrogen-bond donors (Lipinski definition) is 0. The van der Waals surface area contributed by atoms with Crippen molar-refractivity contribution >= 4 is 40.3 Å². The van der Waals surface area contributed by atoms with Gasteiger partial charge in [-0.1, -0.05) is 48.2 Å². The first-order valence-electron chi connectivity index (χ1n) is 9.93. The van der Waals surface area contributed by atoms with Gasteiger partial charge in [-0.25, -0.2) is 0 Å². The summed E-state index contributed by atoms with van der Waals surface area (Å²) in [6.45, 7) is 2.50. The summed E-state index contributed by atoms with van der Waals surface area (Å²) < 4.78 is 17.2. The highest BCUT2D eigenvalue weighted by atomic mass is 32.2. The van der Waals surface area contributed by atoms with Gasteiger partial charge in [0.15, 0.2) is 11.5 Å². The van der Waals surface area contributed by atoms with Crippen LogP contribution in [0.1, 0.15) is 18.1 Å². The van der Waals surface area contributed by atoms with Crippen LogP contribution in [0.3, 0.4) is 0 Å². The van der Waals surface area contributed by atoms with Gasteiger partial charge >= 0.3 is 0 Å². The molecule has 1 atom stereocenters. The number of methoxy groups -OCH3 is 2. The van der Waals surface area contributed by atoms with E-state index in [0.29, 0.717) is 21.5 Å². The first-order valence-corrected chi connectivity index (χ1v) is 11.2.